The number of amides is 2. The molecule has 146 valence electrons. The summed E-state index contributed by atoms with van der Waals surface area (Å²) in [5.41, 5.74) is 5.15. The molecule has 0 aliphatic heterocycles. The van der Waals surface area contributed by atoms with Gasteiger partial charge in [-0.25, -0.2) is 5.48 Å². The molecule has 1 heterocycles. The number of benzene rings is 2. The minimum Gasteiger partial charge on any atom is -0.351 e. The zero-order valence-corrected chi connectivity index (χ0v) is 16.5. The highest BCUT2D eigenvalue weighted by atomic mass is 16.5. The molecule has 28 heavy (non-hydrogen) atoms. The number of hydrogen-bond acceptors (Lipinski definition) is 3. The van der Waals surface area contributed by atoms with Gasteiger partial charge in [-0.1, -0.05) is 44.5 Å². The van der Waals surface area contributed by atoms with Gasteiger partial charge in [0.15, 0.2) is 0 Å². The summed E-state index contributed by atoms with van der Waals surface area (Å²) < 4.78 is 0. The van der Waals surface area contributed by atoms with E-state index in [-0.39, 0.29) is 17.4 Å². The van der Waals surface area contributed by atoms with Crippen molar-refractivity contribution in [2.24, 2.45) is 5.41 Å². The van der Waals surface area contributed by atoms with E-state index in [0.717, 1.165) is 22.0 Å². The van der Waals surface area contributed by atoms with Crippen molar-refractivity contribution >= 4 is 22.7 Å². The highest BCUT2D eigenvalue weighted by Crippen LogP contribution is 2.33. The number of nitrogens with one attached hydrogen (secondary N) is 3. The molecule has 1 unspecified atom stereocenters. The summed E-state index contributed by atoms with van der Waals surface area (Å²) >= 11 is 0. The van der Waals surface area contributed by atoms with Crippen LogP contribution in [0.15, 0.2) is 48.5 Å². The standard InChI is InChI=1S/C22H25N3O3/c1-13-5-10-17-16(11-13)12-18(23-17)21(27)24-19(22(2,3)4)14-6-8-15(9-7-14)20(26)25-28/h5-12,19,23,28H,1-4H3,(H,24,27)(H,25,26). The maximum atomic E-state index is 12.9. The Bertz CT molecular complexity index is 1010. The molecular formula is C22H25N3O3. The van der Waals surface area contributed by atoms with Gasteiger partial charge < -0.3 is 10.3 Å². The van der Waals surface area contributed by atoms with Gasteiger partial charge in [0.1, 0.15) is 5.69 Å². The summed E-state index contributed by atoms with van der Waals surface area (Å²) in [5.74, 6) is -0.762. The minimum atomic E-state index is -0.573. The molecule has 0 saturated carbocycles. The van der Waals surface area contributed by atoms with Gasteiger partial charge in [0.2, 0.25) is 0 Å². The van der Waals surface area contributed by atoms with Gasteiger partial charge >= 0.3 is 0 Å². The molecule has 3 rings (SSSR count). The van der Waals surface area contributed by atoms with Crippen LogP contribution >= 0.6 is 0 Å². The van der Waals surface area contributed by atoms with E-state index in [1.165, 1.54) is 0 Å². The number of aryl methyl sites for hydroxylation is 1. The third kappa shape index (κ3) is 4.07. The fourth-order valence-corrected chi connectivity index (χ4v) is 3.27. The van der Waals surface area contributed by atoms with Gasteiger partial charge in [-0.15, -0.1) is 0 Å². The second kappa shape index (κ2) is 7.48. The van der Waals surface area contributed by atoms with E-state index < -0.39 is 5.91 Å². The van der Waals surface area contributed by atoms with E-state index >= 15 is 0 Å². The van der Waals surface area contributed by atoms with E-state index in [2.05, 4.69) is 10.3 Å². The van der Waals surface area contributed by atoms with E-state index in [9.17, 15) is 9.59 Å². The molecule has 2 aromatic carbocycles. The van der Waals surface area contributed by atoms with E-state index in [1.807, 2.05) is 52.0 Å². The van der Waals surface area contributed by atoms with Crippen molar-refractivity contribution in [1.29, 1.82) is 0 Å². The van der Waals surface area contributed by atoms with Crippen LogP contribution in [-0.4, -0.2) is 22.0 Å². The van der Waals surface area contributed by atoms with Crippen LogP contribution in [0, 0.1) is 12.3 Å². The topological polar surface area (TPSA) is 94.2 Å². The molecule has 0 fully saturated rings. The first-order valence-corrected chi connectivity index (χ1v) is 9.13. The zero-order chi connectivity index (χ0) is 20.5. The summed E-state index contributed by atoms with van der Waals surface area (Å²) in [6.45, 7) is 8.14. The Balaban J connectivity index is 1.87. The Morgan fingerprint density at radius 1 is 1.00 bits per heavy atom. The van der Waals surface area contributed by atoms with Gasteiger partial charge in [0.05, 0.1) is 6.04 Å². The smallest absolute Gasteiger partial charge is 0.274 e. The highest BCUT2D eigenvalue weighted by molar-refractivity contribution is 5.98. The minimum absolute atomic E-state index is 0.189. The second-order valence-corrected chi connectivity index (χ2v) is 8.11. The number of aromatic nitrogens is 1. The van der Waals surface area contributed by atoms with Crippen LogP contribution in [0.3, 0.4) is 0 Å². The summed E-state index contributed by atoms with van der Waals surface area (Å²) in [6, 6.07) is 14.4. The molecule has 4 N–H and O–H groups in total. The number of hydroxylamine groups is 1. The Morgan fingerprint density at radius 3 is 2.29 bits per heavy atom. The molecule has 0 saturated heterocycles. The lowest BCUT2D eigenvalue weighted by atomic mass is 9.82. The van der Waals surface area contributed by atoms with Gasteiger partial charge in [-0.05, 0) is 48.2 Å². The van der Waals surface area contributed by atoms with Crippen LogP contribution in [0.4, 0.5) is 0 Å². The third-order valence-corrected chi connectivity index (χ3v) is 4.77. The van der Waals surface area contributed by atoms with Crippen LogP contribution < -0.4 is 10.8 Å². The largest absolute Gasteiger partial charge is 0.351 e. The van der Waals surface area contributed by atoms with Crippen molar-refractivity contribution in [3.8, 4) is 0 Å². The lowest BCUT2D eigenvalue weighted by Crippen LogP contribution is -2.36. The van der Waals surface area contributed by atoms with Gasteiger partial charge in [0.25, 0.3) is 11.8 Å². The predicted octanol–water partition coefficient (Wildman–Crippen LogP) is 4.11. The number of rotatable bonds is 4. The van der Waals surface area contributed by atoms with Crippen LogP contribution in [0.2, 0.25) is 0 Å². The summed E-state index contributed by atoms with van der Waals surface area (Å²) in [6.07, 6.45) is 0. The van der Waals surface area contributed by atoms with Crippen molar-refractivity contribution in [3.05, 3.63) is 70.9 Å². The molecule has 3 aromatic rings. The normalized spacial score (nSPS) is 12.6. The Labute approximate surface area is 163 Å². The quantitative estimate of drug-likeness (QED) is 0.406. The number of hydrogen-bond donors (Lipinski definition) is 4. The first-order chi connectivity index (χ1) is 13.2. The molecule has 0 spiro atoms. The van der Waals surface area contributed by atoms with Crippen LogP contribution in [0.1, 0.15) is 58.8 Å². The van der Waals surface area contributed by atoms with Crippen molar-refractivity contribution in [2.45, 2.75) is 33.7 Å². The average Bonchev–Trinajstić information content (AvgIpc) is 3.07. The van der Waals surface area contributed by atoms with Crippen LogP contribution in [0.5, 0.6) is 0 Å². The fraction of sp³-hybridized carbons (Fsp3) is 0.273. The summed E-state index contributed by atoms with van der Waals surface area (Å²) in [5, 5.41) is 12.9. The average molecular weight is 379 g/mol. The molecule has 1 aromatic heterocycles. The molecule has 6 heteroatoms. The van der Waals surface area contributed by atoms with Crippen LogP contribution in [0.25, 0.3) is 10.9 Å². The van der Waals surface area contributed by atoms with E-state index in [1.54, 1.807) is 29.7 Å². The van der Waals surface area contributed by atoms with Crippen molar-refractivity contribution in [2.75, 3.05) is 0 Å². The maximum Gasteiger partial charge on any atom is 0.274 e. The molecule has 0 bridgehead atoms. The van der Waals surface area contributed by atoms with Gasteiger partial charge in [0, 0.05) is 16.5 Å². The fourth-order valence-electron chi connectivity index (χ4n) is 3.27. The molecule has 0 aliphatic rings. The van der Waals surface area contributed by atoms with Crippen molar-refractivity contribution < 1.29 is 14.8 Å². The van der Waals surface area contributed by atoms with Crippen molar-refractivity contribution in [3.63, 3.8) is 0 Å². The Kier molecular flexibility index (Phi) is 5.25. The number of carbonyl (C=O) groups excluding carboxylic acids is 2. The lowest BCUT2D eigenvalue weighted by molar-refractivity contribution is 0.0706. The van der Waals surface area contributed by atoms with E-state index in [4.69, 9.17) is 5.21 Å². The highest BCUT2D eigenvalue weighted by Gasteiger charge is 2.28. The Hall–Kier alpha value is -3.12. The van der Waals surface area contributed by atoms with Crippen LogP contribution in [-0.2, 0) is 0 Å². The molecule has 1 atom stereocenters. The maximum absolute atomic E-state index is 12.9. The first kappa shape index (κ1) is 19.6. The monoisotopic (exact) mass is 379 g/mol. The number of aromatic amines is 1. The molecule has 2 amide bonds. The van der Waals surface area contributed by atoms with Gasteiger partial charge in [-0.3, -0.25) is 14.8 Å². The summed E-state index contributed by atoms with van der Waals surface area (Å²) in [4.78, 5) is 27.6. The number of fused-ring (bicyclic) bond motifs is 1. The Morgan fingerprint density at radius 2 is 1.68 bits per heavy atom. The SMILES string of the molecule is Cc1ccc2[nH]c(C(=O)NC(c3ccc(C(=O)NO)cc3)C(C)(C)C)cc2c1. The molecule has 0 aliphatic carbocycles. The number of carbonyl (C=O) groups is 2. The van der Waals surface area contributed by atoms with Crippen molar-refractivity contribution in [1.82, 2.24) is 15.8 Å². The van der Waals surface area contributed by atoms with Gasteiger partial charge in [-0.2, -0.15) is 0 Å². The molecule has 0 radical (unpaired) electrons. The predicted molar refractivity (Wildman–Crippen MR) is 108 cm³/mol. The lowest BCUT2D eigenvalue weighted by Gasteiger charge is -2.32. The number of H-pyrrole nitrogens is 1. The zero-order valence-electron chi connectivity index (χ0n) is 16.5. The molecular weight excluding hydrogens is 354 g/mol. The summed E-state index contributed by atoms with van der Waals surface area (Å²) in [7, 11) is 0. The first-order valence-electron chi connectivity index (χ1n) is 9.13. The second-order valence-electron chi connectivity index (χ2n) is 8.11. The van der Waals surface area contributed by atoms with E-state index in [0.29, 0.717) is 11.3 Å². The molecule has 6 nitrogen and oxygen atoms in total. The third-order valence-electron chi connectivity index (χ3n) is 4.77.